The van der Waals surface area contributed by atoms with E-state index in [1.165, 1.54) is 4.90 Å². The fourth-order valence-corrected chi connectivity index (χ4v) is 1.84. The van der Waals surface area contributed by atoms with E-state index in [1.807, 2.05) is 0 Å². The van der Waals surface area contributed by atoms with E-state index in [9.17, 15) is 9.59 Å². The third-order valence-electron chi connectivity index (χ3n) is 2.42. The normalized spacial score (nSPS) is 18.6. The van der Waals surface area contributed by atoms with Crippen LogP contribution in [0.5, 0.6) is 5.75 Å². The number of hydrogen-bond acceptors (Lipinski definition) is 3. The van der Waals surface area contributed by atoms with Gasteiger partial charge in [-0.3, -0.25) is 14.5 Å². The fourth-order valence-electron chi connectivity index (χ4n) is 1.68. The van der Waals surface area contributed by atoms with Crippen LogP contribution < -0.4 is 9.64 Å². The predicted octanol–water partition coefficient (Wildman–Crippen LogP) is 1.54. The van der Waals surface area contributed by atoms with Gasteiger partial charge >= 0.3 is 5.97 Å². The molecule has 6 heteroatoms. The van der Waals surface area contributed by atoms with E-state index in [2.05, 4.69) is 0 Å². The highest BCUT2D eigenvalue weighted by Crippen LogP contribution is 2.35. The molecule has 2 rings (SSSR count). The van der Waals surface area contributed by atoms with Crippen LogP contribution in [0.25, 0.3) is 0 Å². The number of carboxylic acids is 1. The van der Waals surface area contributed by atoms with Crippen molar-refractivity contribution in [2.45, 2.75) is 13.0 Å². The summed E-state index contributed by atoms with van der Waals surface area (Å²) in [5.41, 5.74) is 0.430. The largest absolute Gasteiger partial charge is 0.480 e. The van der Waals surface area contributed by atoms with Crippen LogP contribution in [0.1, 0.15) is 6.92 Å². The lowest BCUT2D eigenvalue weighted by Crippen LogP contribution is -2.46. The monoisotopic (exact) mass is 255 g/mol. The van der Waals surface area contributed by atoms with Gasteiger partial charge in [0.1, 0.15) is 12.3 Å². The molecule has 0 aliphatic carbocycles. The number of rotatable bonds is 2. The zero-order valence-corrected chi connectivity index (χ0v) is 9.77. The number of nitrogens with zero attached hydrogens (tertiary/aromatic N) is 1. The fraction of sp³-hybridized carbons (Fsp3) is 0.273. The summed E-state index contributed by atoms with van der Waals surface area (Å²) in [5.74, 6) is -1.03. The molecular weight excluding hydrogens is 246 g/mol. The Morgan fingerprint density at radius 2 is 2.29 bits per heavy atom. The van der Waals surface area contributed by atoms with Gasteiger partial charge in [-0.05, 0) is 19.1 Å². The van der Waals surface area contributed by atoms with Crippen molar-refractivity contribution in [2.75, 3.05) is 11.4 Å². The average molecular weight is 256 g/mol. The Kier molecular flexibility index (Phi) is 2.93. The minimum Gasteiger partial charge on any atom is -0.480 e. The van der Waals surface area contributed by atoms with Crippen molar-refractivity contribution >= 4 is 29.2 Å². The molecule has 90 valence electrons. The first-order valence-electron chi connectivity index (χ1n) is 4.98. The first-order chi connectivity index (χ1) is 7.99. The van der Waals surface area contributed by atoms with E-state index < -0.39 is 12.1 Å². The van der Waals surface area contributed by atoms with Gasteiger partial charge in [-0.2, -0.15) is 0 Å². The summed E-state index contributed by atoms with van der Waals surface area (Å²) >= 11 is 5.81. The maximum absolute atomic E-state index is 11.8. The van der Waals surface area contributed by atoms with Crippen molar-refractivity contribution < 1.29 is 19.4 Å². The Bertz CT molecular complexity index is 488. The summed E-state index contributed by atoms with van der Waals surface area (Å²) < 4.78 is 5.37. The van der Waals surface area contributed by atoms with Crippen LogP contribution in [0, 0.1) is 0 Å². The van der Waals surface area contributed by atoms with Crippen molar-refractivity contribution in [1.29, 1.82) is 0 Å². The van der Waals surface area contributed by atoms with Crippen molar-refractivity contribution in [2.24, 2.45) is 0 Å². The average Bonchev–Trinajstić information content (AvgIpc) is 2.24. The molecule has 0 aromatic heterocycles. The number of fused-ring (bicyclic) bond motifs is 1. The third-order valence-corrected chi connectivity index (χ3v) is 2.66. The summed E-state index contributed by atoms with van der Waals surface area (Å²) in [6, 6.07) is 4.72. The predicted molar refractivity (Wildman–Crippen MR) is 61.5 cm³/mol. The second kappa shape index (κ2) is 4.25. The highest BCUT2D eigenvalue weighted by atomic mass is 35.5. The van der Waals surface area contributed by atoms with Gasteiger partial charge in [0, 0.05) is 11.1 Å². The molecule has 0 fully saturated rings. The number of anilines is 1. The molecule has 1 aliphatic rings. The second-order valence-corrected chi connectivity index (χ2v) is 4.13. The van der Waals surface area contributed by atoms with E-state index in [4.69, 9.17) is 21.4 Å². The van der Waals surface area contributed by atoms with E-state index in [0.717, 1.165) is 0 Å². The van der Waals surface area contributed by atoms with E-state index in [1.54, 1.807) is 25.1 Å². The molecule has 1 aliphatic heterocycles. The molecule has 5 nitrogen and oxygen atoms in total. The molecule has 1 aromatic rings. The van der Waals surface area contributed by atoms with Crippen LogP contribution >= 0.6 is 11.6 Å². The Morgan fingerprint density at radius 1 is 1.59 bits per heavy atom. The lowest BCUT2D eigenvalue weighted by molar-refractivity contribution is -0.137. The Hall–Kier alpha value is -1.75. The zero-order valence-electron chi connectivity index (χ0n) is 9.01. The number of benzene rings is 1. The number of aliphatic carboxylic acids is 1. The summed E-state index contributed by atoms with van der Waals surface area (Å²) in [6.07, 6.45) is -0.708. The highest BCUT2D eigenvalue weighted by molar-refractivity contribution is 6.31. The smallest absolute Gasteiger partial charge is 0.323 e. The molecule has 0 bridgehead atoms. The zero-order chi connectivity index (χ0) is 12.6. The van der Waals surface area contributed by atoms with Crippen LogP contribution in [-0.2, 0) is 9.59 Å². The summed E-state index contributed by atoms with van der Waals surface area (Å²) in [5, 5.41) is 9.26. The summed E-state index contributed by atoms with van der Waals surface area (Å²) in [4.78, 5) is 23.7. The van der Waals surface area contributed by atoms with Crippen molar-refractivity contribution in [1.82, 2.24) is 0 Å². The van der Waals surface area contributed by atoms with Gasteiger partial charge in [-0.15, -0.1) is 0 Å². The Labute approximate surface area is 103 Å². The number of carboxylic acid groups (broad SMARTS) is 1. The van der Waals surface area contributed by atoms with Crippen molar-refractivity contribution in [3.05, 3.63) is 23.2 Å². The molecule has 1 atom stereocenters. The molecule has 0 radical (unpaired) electrons. The molecule has 17 heavy (non-hydrogen) atoms. The maximum Gasteiger partial charge on any atom is 0.323 e. The minimum atomic E-state index is -1.08. The standard InChI is InChI=1S/C11H10ClNO4/c1-6-11(16)13(5-10(14)15)8-3-2-7(12)4-9(8)17-6/h2-4,6H,5H2,1H3,(H,14,15)/t6-/m0/s1. The van der Waals surface area contributed by atoms with Gasteiger partial charge in [-0.1, -0.05) is 11.6 Å². The molecule has 0 spiro atoms. The highest BCUT2D eigenvalue weighted by Gasteiger charge is 2.32. The van der Waals surface area contributed by atoms with Gasteiger partial charge in [0.2, 0.25) is 0 Å². The van der Waals surface area contributed by atoms with Crippen LogP contribution in [0.3, 0.4) is 0 Å². The van der Waals surface area contributed by atoms with Gasteiger partial charge in [0.15, 0.2) is 6.10 Å². The molecule has 1 N–H and O–H groups in total. The van der Waals surface area contributed by atoms with Gasteiger partial charge in [0.05, 0.1) is 5.69 Å². The number of hydrogen-bond donors (Lipinski definition) is 1. The lowest BCUT2D eigenvalue weighted by Gasteiger charge is -2.31. The lowest BCUT2D eigenvalue weighted by atomic mass is 10.2. The van der Waals surface area contributed by atoms with Crippen LogP contribution in [0.15, 0.2) is 18.2 Å². The first kappa shape index (κ1) is 11.7. The summed E-state index contributed by atoms with van der Waals surface area (Å²) in [7, 11) is 0. The van der Waals surface area contributed by atoms with E-state index >= 15 is 0 Å². The van der Waals surface area contributed by atoms with Gasteiger partial charge in [0.25, 0.3) is 5.91 Å². The van der Waals surface area contributed by atoms with Gasteiger partial charge in [-0.25, -0.2) is 0 Å². The first-order valence-corrected chi connectivity index (χ1v) is 5.36. The van der Waals surface area contributed by atoms with E-state index in [-0.39, 0.29) is 12.5 Å². The number of carbonyl (C=O) groups is 2. The SMILES string of the molecule is C[C@@H]1Oc2cc(Cl)ccc2N(CC(=O)O)C1=O. The second-order valence-electron chi connectivity index (χ2n) is 3.69. The van der Waals surface area contributed by atoms with Crippen LogP contribution in [0.4, 0.5) is 5.69 Å². The Morgan fingerprint density at radius 3 is 2.94 bits per heavy atom. The number of amides is 1. The van der Waals surface area contributed by atoms with E-state index in [0.29, 0.717) is 16.5 Å². The quantitative estimate of drug-likeness (QED) is 0.870. The molecule has 0 saturated heterocycles. The molecule has 0 saturated carbocycles. The van der Waals surface area contributed by atoms with Crippen molar-refractivity contribution in [3.8, 4) is 5.75 Å². The molecule has 1 amide bonds. The number of ether oxygens (including phenoxy) is 1. The Balaban J connectivity index is 2.45. The van der Waals surface area contributed by atoms with Crippen LogP contribution in [-0.4, -0.2) is 29.6 Å². The third kappa shape index (κ3) is 2.19. The molecule has 1 heterocycles. The van der Waals surface area contributed by atoms with Gasteiger partial charge < -0.3 is 9.84 Å². The van der Waals surface area contributed by atoms with Crippen molar-refractivity contribution in [3.63, 3.8) is 0 Å². The molecular formula is C11H10ClNO4. The number of carbonyl (C=O) groups excluding carboxylic acids is 1. The minimum absolute atomic E-state index is 0.373. The van der Waals surface area contributed by atoms with Crippen LogP contribution in [0.2, 0.25) is 5.02 Å². The summed E-state index contributed by atoms with van der Waals surface area (Å²) in [6.45, 7) is 1.18. The maximum atomic E-state index is 11.8. The molecule has 0 unspecified atom stereocenters. The number of halogens is 1. The topological polar surface area (TPSA) is 66.8 Å². The molecule has 1 aromatic carbocycles.